The monoisotopic (exact) mass is 340 g/mol. The van der Waals surface area contributed by atoms with E-state index in [-0.39, 0.29) is 0 Å². The molecule has 0 amide bonds. The number of thiophene rings is 1. The van der Waals surface area contributed by atoms with Crippen LogP contribution in [-0.4, -0.2) is 19.5 Å². The Morgan fingerprint density at radius 1 is 1.42 bits per heavy atom. The first-order valence-corrected chi connectivity index (χ1v) is 7.25. The third-order valence-corrected chi connectivity index (χ3v) is 4.63. The van der Waals surface area contributed by atoms with Gasteiger partial charge in [-0.2, -0.15) is 0 Å². The van der Waals surface area contributed by atoms with Crippen molar-refractivity contribution in [2.45, 2.75) is 13.5 Å². The standard InChI is InChI=1S/C11H9BrN4O2S/c1-2-16-9-6(10(17)15-11(16)18)13-8(14-9)7-5(12)3-4-19-7/h3-4H,2H2,1H3,(H,13,14)(H,15,17,18). The topological polar surface area (TPSA) is 83.5 Å². The molecule has 0 aliphatic rings. The van der Waals surface area contributed by atoms with Crippen LogP contribution in [0.3, 0.4) is 0 Å². The molecule has 8 heteroatoms. The maximum absolute atomic E-state index is 11.8. The van der Waals surface area contributed by atoms with Crippen LogP contribution in [0.25, 0.3) is 21.9 Å². The highest BCUT2D eigenvalue weighted by molar-refractivity contribution is 9.10. The largest absolute Gasteiger partial charge is 0.331 e. The van der Waals surface area contributed by atoms with E-state index in [9.17, 15) is 9.59 Å². The molecule has 3 heterocycles. The van der Waals surface area contributed by atoms with E-state index < -0.39 is 11.2 Å². The molecule has 0 radical (unpaired) electrons. The van der Waals surface area contributed by atoms with Crippen LogP contribution in [0, 0.1) is 0 Å². The Balaban J connectivity index is 2.38. The Hall–Kier alpha value is -1.67. The molecule has 2 N–H and O–H groups in total. The molecule has 98 valence electrons. The molecule has 0 aliphatic heterocycles. The summed E-state index contributed by atoms with van der Waals surface area (Å²) in [5.41, 5.74) is -0.192. The van der Waals surface area contributed by atoms with Gasteiger partial charge in [0.25, 0.3) is 5.56 Å². The fraction of sp³-hybridized carbons (Fsp3) is 0.182. The summed E-state index contributed by atoms with van der Waals surface area (Å²) >= 11 is 4.93. The fourth-order valence-electron chi connectivity index (χ4n) is 1.90. The van der Waals surface area contributed by atoms with Gasteiger partial charge in [-0.3, -0.25) is 14.3 Å². The van der Waals surface area contributed by atoms with Crippen molar-refractivity contribution in [3.8, 4) is 10.7 Å². The predicted molar refractivity (Wildman–Crippen MR) is 77.7 cm³/mol. The predicted octanol–water partition coefficient (Wildman–Crippen LogP) is 1.92. The number of aromatic nitrogens is 4. The molecule has 0 aromatic carbocycles. The number of H-pyrrole nitrogens is 2. The van der Waals surface area contributed by atoms with Gasteiger partial charge in [0.2, 0.25) is 0 Å². The second kappa shape index (κ2) is 4.46. The van der Waals surface area contributed by atoms with Gasteiger partial charge in [-0.25, -0.2) is 9.78 Å². The summed E-state index contributed by atoms with van der Waals surface area (Å²) in [7, 11) is 0. The van der Waals surface area contributed by atoms with Crippen LogP contribution in [-0.2, 0) is 6.54 Å². The van der Waals surface area contributed by atoms with Crippen LogP contribution < -0.4 is 11.2 Å². The van der Waals surface area contributed by atoms with Crippen molar-refractivity contribution in [1.82, 2.24) is 19.5 Å². The van der Waals surface area contributed by atoms with Crippen LogP contribution in [0.15, 0.2) is 25.5 Å². The van der Waals surface area contributed by atoms with Crippen molar-refractivity contribution in [2.24, 2.45) is 0 Å². The molecule has 0 unspecified atom stereocenters. The van der Waals surface area contributed by atoms with Gasteiger partial charge >= 0.3 is 5.69 Å². The number of hydrogen-bond acceptors (Lipinski definition) is 4. The molecule has 6 nitrogen and oxygen atoms in total. The van der Waals surface area contributed by atoms with Crippen molar-refractivity contribution >= 4 is 38.4 Å². The molecule has 0 saturated heterocycles. The van der Waals surface area contributed by atoms with Gasteiger partial charge in [0.15, 0.2) is 11.5 Å². The number of rotatable bonds is 2. The van der Waals surface area contributed by atoms with E-state index in [1.807, 2.05) is 18.4 Å². The average molecular weight is 341 g/mol. The lowest BCUT2D eigenvalue weighted by Gasteiger charge is -1.99. The van der Waals surface area contributed by atoms with Crippen LogP contribution in [0.4, 0.5) is 0 Å². The van der Waals surface area contributed by atoms with Crippen molar-refractivity contribution < 1.29 is 0 Å². The van der Waals surface area contributed by atoms with Gasteiger partial charge in [0.1, 0.15) is 5.52 Å². The molecule has 19 heavy (non-hydrogen) atoms. The zero-order chi connectivity index (χ0) is 13.6. The Bertz CT molecular complexity index is 873. The lowest BCUT2D eigenvalue weighted by atomic mass is 10.4. The van der Waals surface area contributed by atoms with E-state index in [0.29, 0.717) is 23.5 Å². The lowest BCUT2D eigenvalue weighted by Crippen LogP contribution is -2.29. The smallest absolute Gasteiger partial charge is 0.330 e. The Morgan fingerprint density at radius 3 is 2.84 bits per heavy atom. The molecule has 0 atom stereocenters. The first-order valence-electron chi connectivity index (χ1n) is 5.58. The first kappa shape index (κ1) is 12.4. The van der Waals surface area contributed by atoms with E-state index in [2.05, 4.69) is 30.9 Å². The summed E-state index contributed by atoms with van der Waals surface area (Å²) in [5.74, 6) is 0.579. The average Bonchev–Trinajstić information content (AvgIpc) is 2.95. The highest BCUT2D eigenvalue weighted by atomic mass is 79.9. The Labute approximate surface area is 119 Å². The number of hydrogen-bond donors (Lipinski definition) is 2. The summed E-state index contributed by atoms with van der Waals surface area (Å²) in [6.07, 6.45) is 0. The highest BCUT2D eigenvalue weighted by Crippen LogP contribution is 2.32. The van der Waals surface area contributed by atoms with Crippen LogP contribution in [0.5, 0.6) is 0 Å². The second-order valence-corrected chi connectivity index (χ2v) is 5.66. The van der Waals surface area contributed by atoms with Gasteiger partial charge in [-0.15, -0.1) is 11.3 Å². The second-order valence-electron chi connectivity index (χ2n) is 3.89. The normalized spacial score (nSPS) is 11.3. The van der Waals surface area contributed by atoms with Crippen LogP contribution in [0.1, 0.15) is 6.92 Å². The third-order valence-electron chi connectivity index (χ3n) is 2.78. The summed E-state index contributed by atoms with van der Waals surface area (Å²) in [4.78, 5) is 34.0. The number of nitrogens with one attached hydrogen (secondary N) is 2. The number of aryl methyl sites for hydroxylation is 1. The van der Waals surface area contributed by atoms with E-state index in [1.165, 1.54) is 15.9 Å². The van der Waals surface area contributed by atoms with Gasteiger partial charge in [0, 0.05) is 11.0 Å². The van der Waals surface area contributed by atoms with Crippen molar-refractivity contribution in [3.05, 3.63) is 36.8 Å². The number of imidazole rings is 1. The third kappa shape index (κ3) is 1.87. The van der Waals surface area contributed by atoms with E-state index in [1.54, 1.807) is 0 Å². The molecular weight excluding hydrogens is 332 g/mol. The number of nitrogens with zero attached hydrogens (tertiary/aromatic N) is 2. The van der Waals surface area contributed by atoms with Gasteiger partial charge in [-0.05, 0) is 34.3 Å². The summed E-state index contributed by atoms with van der Waals surface area (Å²) in [6, 6.07) is 1.91. The molecule has 0 spiro atoms. The zero-order valence-corrected chi connectivity index (χ0v) is 12.3. The molecule has 0 aliphatic carbocycles. The molecule has 0 fully saturated rings. The molecule has 3 aromatic heterocycles. The summed E-state index contributed by atoms with van der Waals surface area (Å²) in [6.45, 7) is 2.27. The van der Waals surface area contributed by atoms with Crippen LogP contribution in [0.2, 0.25) is 0 Å². The van der Waals surface area contributed by atoms with E-state index in [4.69, 9.17) is 0 Å². The van der Waals surface area contributed by atoms with Crippen LogP contribution >= 0.6 is 27.3 Å². The fourth-order valence-corrected chi connectivity index (χ4v) is 3.41. The molecule has 0 saturated carbocycles. The van der Waals surface area contributed by atoms with Gasteiger partial charge in [-0.1, -0.05) is 0 Å². The minimum absolute atomic E-state index is 0.316. The summed E-state index contributed by atoms with van der Waals surface area (Å²) in [5, 5.41) is 1.92. The SMILES string of the molecule is CCn1c(=O)[nH]c(=O)c2[nH]c(-c3sccc3Br)nc21. The molecular formula is C11H9BrN4O2S. The van der Waals surface area contributed by atoms with Gasteiger partial charge < -0.3 is 4.98 Å². The molecule has 3 aromatic rings. The van der Waals surface area contributed by atoms with Crippen molar-refractivity contribution in [3.63, 3.8) is 0 Å². The maximum atomic E-state index is 11.8. The first-order chi connectivity index (χ1) is 9.11. The number of aromatic amines is 2. The number of fused-ring (bicyclic) bond motifs is 1. The Kier molecular flexibility index (Phi) is 2.90. The Morgan fingerprint density at radius 2 is 2.21 bits per heavy atom. The quantitative estimate of drug-likeness (QED) is 0.747. The minimum atomic E-state index is -0.448. The minimum Gasteiger partial charge on any atom is -0.331 e. The zero-order valence-electron chi connectivity index (χ0n) is 9.86. The van der Waals surface area contributed by atoms with Crippen molar-refractivity contribution in [2.75, 3.05) is 0 Å². The number of halogens is 1. The maximum Gasteiger partial charge on any atom is 0.330 e. The molecule has 0 bridgehead atoms. The van der Waals surface area contributed by atoms with E-state index in [0.717, 1.165) is 9.35 Å². The van der Waals surface area contributed by atoms with Crippen molar-refractivity contribution in [1.29, 1.82) is 0 Å². The van der Waals surface area contributed by atoms with Gasteiger partial charge in [0.05, 0.1) is 4.88 Å². The van der Waals surface area contributed by atoms with E-state index >= 15 is 0 Å². The highest BCUT2D eigenvalue weighted by Gasteiger charge is 2.15. The molecule has 3 rings (SSSR count). The lowest BCUT2D eigenvalue weighted by molar-refractivity contribution is 0.720. The summed E-state index contributed by atoms with van der Waals surface area (Å²) < 4.78 is 2.33.